The molecular weight excluding hydrogens is 319 g/mol. The second-order valence-corrected chi connectivity index (χ2v) is 5.16. The van der Waals surface area contributed by atoms with Crippen LogP contribution in [0.2, 0.25) is 0 Å². The van der Waals surface area contributed by atoms with Crippen LogP contribution in [0.5, 0.6) is 0 Å². The number of imidazole rings is 1. The number of benzene rings is 1. The van der Waals surface area contributed by atoms with Gasteiger partial charge in [-0.25, -0.2) is 14.4 Å². The highest BCUT2D eigenvalue weighted by atomic mass is 19.3. The zero-order chi connectivity index (χ0) is 17.5. The van der Waals surface area contributed by atoms with Crippen LogP contribution in [0.15, 0.2) is 35.6 Å². The molecule has 130 valence electrons. The first kappa shape index (κ1) is 17.8. The van der Waals surface area contributed by atoms with Gasteiger partial charge in [0.15, 0.2) is 5.96 Å². The third-order valence-corrected chi connectivity index (χ3v) is 3.36. The molecule has 0 aliphatic carbocycles. The summed E-state index contributed by atoms with van der Waals surface area (Å²) in [5, 5.41) is 5.99. The molecule has 0 radical (unpaired) electrons. The molecule has 8 heteroatoms. The summed E-state index contributed by atoms with van der Waals surface area (Å²) in [5.74, 6) is 0.433. The number of aliphatic imine (C=N–C) groups is 1. The fourth-order valence-electron chi connectivity index (χ4n) is 2.14. The molecule has 1 heterocycles. The van der Waals surface area contributed by atoms with Gasteiger partial charge in [0.05, 0.1) is 13.1 Å². The Labute approximate surface area is 138 Å². The van der Waals surface area contributed by atoms with Crippen molar-refractivity contribution < 1.29 is 13.2 Å². The predicted molar refractivity (Wildman–Crippen MR) is 86.3 cm³/mol. The molecule has 0 saturated heterocycles. The van der Waals surface area contributed by atoms with Crippen LogP contribution in [-0.2, 0) is 13.1 Å². The highest BCUT2D eigenvalue weighted by Crippen LogP contribution is 2.12. The fourth-order valence-corrected chi connectivity index (χ4v) is 2.14. The van der Waals surface area contributed by atoms with E-state index in [1.54, 1.807) is 19.1 Å². The summed E-state index contributed by atoms with van der Waals surface area (Å²) in [4.78, 5) is 8.28. The van der Waals surface area contributed by atoms with Crippen LogP contribution in [0, 0.1) is 12.7 Å². The zero-order valence-corrected chi connectivity index (χ0v) is 13.6. The number of guanidine groups is 1. The van der Waals surface area contributed by atoms with Crippen molar-refractivity contribution >= 4 is 5.96 Å². The Hall–Kier alpha value is -2.51. The smallest absolute Gasteiger partial charge is 0.319 e. The molecule has 5 nitrogen and oxygen atoms in total. The Morgan fingerprint density at radius 3 is 2.79 bits per heavy atom. The van der Waals surface area contributed by atoms with E-state index in [4.69, 9.17) is 0 Å². The quantitative estimate of drug-likeness (QED) is 0.628. The molecule has 0 amide bonds. The fraction of sp³-hybridized carbons (Fsp3) is 0.375. The lowest BCUT2D eigenvalue weighted by Gasteiger charge is -2.12. The number of halogens is 3. The summed E-state index contributed by atoms with van der Waals surface area (Å²) in [5.41, 5.74) is 1.42. The van der Waals surface area contributed by atoms with E-state index < -0.39 is 6.55 Å². The van der Waals surface area contributed by atoms with Gasteiger partial charge in [-0.15, -0.1) is 0 Å². The maximum atomic E-state index is 13.3. The van der Waals surface area contributed by atoms with Crippen molar-refractivity contribution in [1.82, 2.24) is 20.2 Å². The van der Waals surface area contributed by atoms with Crippen LogP contribution in [-0.4, -0.2) is 22.1 Å². The van der Waals surface area contributed by atoms with Crippen LogP contribution in [0.25, 0.3) is 0 Å². The van der Waals surface area contributed by atoms with Crippen LogP contribution in [0.3, 0.4) is 0 Å². The number of nitrogens with one attached hydrogen (secondary N) is 2. The first-order valence-electron chi connectivity index (χ1n) is 7.58. The highest BCUT2D eigenvalue weighted by molar-refractivity contribution is 5.79. The number of hydrogen-bond acceptors (Lipinski definition) is 2. The highest BCUT2D eigenvalue weighted by Gasteiger charge is 2.11. The summed E-state index contributed by atoms with van der Waals surface area (Å²) >= 11 is 0. The maximum absolute atomic E-state index is 13.3. The minimum absolute atomic E-state index is 0.117. The Balaban J connectivity index is 2.02. The van der Waals surface area contributed by atoms with Crippen LogP contribution >= 0.6 is 0 Å². The number of alkyl halides is 2. The lowest BCUT2D eigenvalue weighted by Crippen LogP contribution is -2.37. The van der Waals surface area contributed by atoms with Gasteiger partial charge < -0.3 is 10.6 Å². The third-order valence-electron chi connectivity index (χ3n) is 3.36. The van der Waals surface area contributed by atoms with E-state index >= 15 is 0 Å². The molecule has 2 rings (SSSR count). The normalized spacial score (nSPS) is 11.8. The van der Waals surface area contributed by atoms with Gasteiger partial charge >= 0.3 is 6.55 Å². The first-order valence-corrected chi connectivity index (χ1v) is 7.58. The molecule has 0 bridgehead atoms. The van der Waals surface area contributed by atoms with E-state index in [9.17, 15) is 13.2 Å². The van der Waals surface area contributed by atoms with Gasteiger partial charge in [0.25, 0.3) is 0 Å². The minimum atomic E-state index is -2.63. The standard InChI is InChI=1S/C16H20F3N5/c1-3-20-16(22-9-12-4-5-13(17)11(2)8-12)23-10-14-21-6-7-24(14)15(18)19/h4-8,15H,3,9-10H2,1-2H3,(H2,20,22,23). The summed E-state index contributed by atoms with van der Waals surface area (Å²) in [6.45, 7) is 2.05. The molecule has 1 aromatic carbocycles. The average molecular weight is 339 g/mol. The average Bonchev–Trinajstić information content (AvgIpc) is 3.02. The van der Waals surface area contributed by atoms with Crippen molar-refractivity contribution in [3.05, 3.63) is 53.4 Å². The van der Waals surface area contributed by atoms with Crippen molar-refractivity contribution in [2.75, 3.05) is 6.54 Å². The number of aromatic nitrogens is 2. The van der Waals surface area contributed by atoms with E-state index in [0.717, 1.165) is 10.1 Å². The van der Waals surface area contributed by atoms with Gasteiger partial charge in [0.2, 0.25) is 0 Å². The van der Waals surface area contributed by atoms with E-state index in [1.165, 1.54) is 18.5 Å². The lowest BCUT2D eigenvalue weighted by atomic mass is 10.1. The molecule has 0 spiro atoms. The van der Waals surface area contributed by atoms with Crippen molar-refractivity contribution in [3.8, 4) is 0 Å². The second-order valence-electron chi connectivity index (χ2n) is 5.16. The number of rotatable bonds is 6. The molecule has 0 aliphatic heterocycles. The van der Waals surface area contributed by atoms with Gasteiger partial charge in [-0.3, -0.25) is 4.57 Å². The van der Waals surface area contributed by atoms with Crippen molar-refractivity contribution in [1.29, 1.82) is 0 Å². The van der Waals surface area contributed by atoms with E-state index in [-0.39, 0.29) is 18.2 Å². The molecule has 0 saturated carbocycles. The van der Waals surface area contributed by atoms with Gasteiger partial charge in [-0.05, 0) is 31.0 Å². The molecule has 1 aromatic heterocycles. The van der Waals surface area contributed by atoms with Crippen LogP contribution < -0.4 is 10.6 Å². The molecule has 2 N–H and O–H groups in total. The van der Waals surface area contributed by atoms with Crippen molar-refractivity contribution in [2.24, 2.45) is 4.99 Å². The molecule has 0 aliphatic rings. The van der Waals surface area contributed by atoms with Gasteiger partial charge in [-0.1, -0.05) is 12.1 Å². The largest absolute Gasteiger partial charge is 0.357 e. The summed E-state index contributed by atoms with van der Waals surface area (Å²) in [6, 6.07) is 4.80. The molecule has 0 unspecified atom stereocenters. The van der Waals surface area contributed by atoms with E-state index in [2.05, 4.69) is 20.6 Å². The lowest BCUT2D eigenvalue weighted by molar-refractivity contribution is 0.0668. The molecule has 24 heavy (non-hydrogen) atoms. The SMILES string of the molecule is CCNC(=NCc1ccc(F)c(C)c1)NCc1nccn1C(F)F. The predicted octanol–water partition coefficient (Wildman–Crippen LogP) is 2.98. The van der Waals surface area contributed by atoms with Gasteiger partial charge in [0, 0.05) is 18.9 Å². The van der Waals surface area contributed by atoms with E-state index in [0.29, 0.717) is 24.6 Å². The number of nitrogens with zero attached hydrogens (tertiary/aromatic N) is 3. The Morgan fingerprint density at radius 1 is 1.33 bits per heavy atom. The van der Waals surface area contributed by atoms with Gasteiger partial charge in [0.1, 0.15) is 11.6 Å². The Kier molecular flexibility index (Phi) is 6.22. The van der Waals surface area contributed by atoms with Crippen molar-refractivity contribution in [3.63, 3.8) is 0 Å². The molecule has 0 atom stereocenters. The van der Waals surface area contributed by atoms with Crippen LogP contribution in [0.4, 0.5) is 13.2 Å². The Bertz CT molecular complexity index is 697. The zero-order valence-electron chi connectivity index (χ0n) is 13.6. The van der Waals surface area contributed by atoms with E-state index in [1.807, 2.05) is 6.92 Å². The summed E-state index contributed by atoms with van der Waals surface area (Å²) < 4.78 is 39.6. The molecule has 0 fully saturated rings. The third kappa shape index (κ3) is 4.74. The number of hydrogen-bond donors (Lipinski definition) is 2. The van der Waals surface area contributed by atoms with Gasteiger partial charge in [-0.2, -0.15) is 8.78 Å². The second kappa shape index (κ2) is 8.37. The maximum Gasteiger partial charge on any atom is 0.319 e. The molecule has 2 aromatic rings. The Morgan fingerprint density at radius 2 is 2.12 bits per heavy atom. The van der Waals surface area contributed by atoms with Crippen LogP contribution in [0.1, 0.15) is 30.4 Å². The topological polar surface area (TPSA) is 54.2 Å². The minimum Gasteiger partial charge on any atom is -0.357 e. The monoisotopic (exact) mass is 339 g/mol. The first-order chi connectivity index (χ1) is 11.5. The number of aryl methyl sites for hydroxylation is 1. The summed E-state index contributed by atoms with van der Waals surface area (Å²) in [6.07, 6.45) is 2.56. The summed E-state index contributed by atoms with van der Waals surface area (Å²) in [7, 11) is 0. The van der Waals surface area contributed by atoms with Crippen molar-refractivity contribution in [2.45, 2.75) is 33.5 Å². The molecular formula is C16H20F3N5.